The second kappa shape index (κ2) is 9.21. The fraction of sp³-hybridized carbons (Fsp3) is 0.381. The van der Waals surface area contributed by atoms with Crippen molar-refractivity contribution in [2.24, 2.45) is 0 Å². The van der Waals surface area contributed by atoms with E-state index in [1.54, 1.807) is 24.8 Å². The molecule has 0 fully saturated rings. The van der Waals surface area contributed by atoms with Gasteiger partial charge >= 0.3 is 0 Å². The van der Waals surface area contributed by atoms with Crippen molar-refractivity contribution in [3.05, 3.63) is 35.1 Å². The van der Waals surface area contributed by atoms with Gasteiger partial charge in [0.25, 0.3) is 0 Å². The Bertz CT molecular complexity index is 1070. The Kier molecular flexibility index (Phi) is 6.66. The first-order valence-electron chi connectivity index (χ1n) is 9.67. The summed E-state index contributed by atoms with van der Waals surface area (Å²) in [5.41, 5.74) is 4.09. The van der Waals surface area contributed by atoms with E-state index in [0.29, 0.717) is 35.4 Å². The molecule has 1 amide bonds. The van der Waals surface area contributed by atoms with Crippen molar-refractivity contribution >= 4 is 28.8 Å². The molecule has 0 saturated heterocycles. The summed E-state index contributed by atoms with van der Waals surface area (Å²) in [4.78, 5) is 18.1. The first-order chi connectivity index (χ1) is 14.4. The van der Waals surface area contributed by atoms with E-state index in [1.807, 2.05) is 32.0 Å². The summed E-state index contributed by atoms with van der Waals surface area (Å²) in [5, 5.41) is 7.69. The predicted octanol–water partition coefficient (Wildman–Crippen LogP) is 3.34. The molecule has 0 saturated carbocycles. The number of hydrogen-bond acceptors (Lipinski definition) is 6. The quantitative estimate of drug-likeness (QED) is 0.589. The smallest absolute Gasteiger partial charge is 0.216 e. The third kappa shape index (κ3) is 4.28. The molecule has 0 unspecified atom stereocenters. The Balaban J connectivity index is 2.11. The molecule has 0 aliphatic carbocycles. The first-order valence-corrected chi connectivity index (χ1v) is 10.0. The summed E-state index contributed by atoms with van der Waals surface area (Å²) in [7, 11) is 3.20. The minimum atomic E-state index is -0.0589. The number of amides is 1. The van der Waals surface area contributed by atoms with Crippen LogP contribution in [0.1, 0.15) is 19.5 Å². The molecule has 0 radical (unpaired) electrons. The Morgan fingerprint density at radius 3 is 2.60 bits per heavy atom. The van der Waals surface area contributed by atoms with Crippen molar-refractivity contribution in [3.63, 3.8) is 0 Å². The molecular formula is C21H26ClN5O3. The highest BCUT2D eigenvalue weighted by Gasteiger charge is 2.20. The number of ether oxygens (including phenoxy) is 2. The molecule has 160 valence electrons. The molecule has 0 aliphatic heterocycles. The van der Waals surface area contributed by atoms with Crippen LogP contribution in [0.15, 0.2) is 24.3 Å². The van der Waals surface area contributed by atoms with E-state index < -0.39 is 0 Å². The van der Waals surface area contributed by atoms with Crippen LogP contribution in [-0.2, 0) is 4.79 Å². The van der Waals surface area contributed by atoms with Gasteiger partial charge in [0.2, 0.25) is 5.91 Å². The molecule has 0 bridgehead atoms. The molecule has 0 aliphatic rings. The van der Waals surface area contributed by atoms with Crippen LogP contribution in [0.5, 0.6) is 11.5 Å². The monoisotopic (exact) mass is 431 g/mol. The number of fused-ring (bicyclic) bond motifs is 1. The highest BCUT2D eigenvalue weighted by atomic mass is 35.5. The van der Waals surface area contributed by atoms with E-state index in [0.717, 1.165) is 29.2 Å². The number of anilines is 1. The SMILES string of the molecule is CCN(CCNC(C)=O)c1cc(Cl)nn2c(-c3ccc(OC)c(OC)c3)c(C)nc12. The van der Waals surface area contributed by atoms with Crippen LogP contribution in [-0.4, -0.2) is 54.4 Å². The van der Waals surface area contributed by atoms with Gasteiger partial charge in [-0.3, -0.25) is 4.79 Å². The van der Waals surface area contributed by atoms with Crippen LogP contribution in [0.3, 0.4) is 0 Å². The fourth-order valence-corrected chi connectivity index (χ4v) is 3.63. The Labute approximate surface area is 180 Å². The summed E-state index contributed by atoms with van der Waals surface area (Å²) >= 11 is 6.38. The average molecular weight is 432 g/mol. The minimum absolute atomic E-state index is 0.0589. The summed E-state index contributed by atoms with van der Waals surface area (Å²) in [6, 6.07) is 7.49. The second-order valence-electron chi connectivity index (χ2n) is 6.77. The Morgan fingerprint density at radius 2 is 1.97 bits per heavy atom. The highest BCUT2D eigenvalue weighted by Crippen LogP contribution is 2.35. The van der Waals surface area contributed by atoms with E-state index in [2.05, 4.69) is 15.3 Å². The summed E-state index contributed by atoms with van der Waals surface area (Å²) < 4.78 is 12.6. The van der Waals surface area contributed by atoms with Gasteiger partial charge in [0, 0.05) is 38.2 Å². The van der Waals surface area contributed by atoms with Crippen molar-refractivity contribution in [1.82, 2.24) is 19.9 Å². The first kappa shape index (κ1) is 21.7. The molecule has 8 nitrogen and oxygen atoms in total. The molecule has 0 spiro atoms. The maximum Gasteiger partial charge on any atom is 0.216 e. The van der Waals surface area contributed by atoms with Gasteiger partial charge in [-0.05, 0) is 32.0 Å². The van der Waals surface area contributed by atoms with Gasteiger partial charge in [0.1, 0.15) is 0 Å². The van der Waals surface area contributed by atoms with Gasteiger partial charge in [0.05, 0.1) is 31.3 Å². The zero-order chi connectivity index (χ0) is 21.8. The number of nitrogens with one attached hydrogen (secondary N) is 1. The summed E-state index contributed by atoms with van der Waals surface area (Å²) in [6.45, 7) is 7.37. The molecule has 1 N–H and O–H groups in total. The average Bonchev–Trinajstić information content (AvgIpc) is 3.05. The maximum atomic E-state index is 11.2. The van der Waals surface area contributed by atoms with Crippen molar-refractivity contribution in [2.75, 3.05) is 38.8 Å². The van der Waals surface area contributed by atoms with Crippen molar-refractivity contribution in [2.45, 2.75) is 20.8 Å². The third-order valence-corrected chi connectivity index (χ3v) is 5.03. The number of aromatic nitrogens is 3. The van der Waals surface area contributed by atoms with Gasteiger partial charge in [0.15, 0.2) is 22.3 Å². The van der Waals surface area contributed by atoms with E-state index in [1.165, 1.54) is 6.92 Å². The Morgan fingerprint density at radius 1 is 1.23 bits per heavy atom. The van der Waals surface area contributed by atoms with Crippen LogP contribution in [0.4, 0.5) is 5.69 Å². The lowest BCUT2D eigenvalue weighted by Gasteiger charge is -2.23. The molecule has 2 heterocycles. The van der Waals surface area contributed by atoms with Crippen LogP contribution in [0.25, 0.3) is 16.9 Å². The molecule has 30 heavy (non-hydrogen) atoms. The van der Waals surface area contributed by atoms with E-state index in [9.17, 15) is 4.79 Å². The lowest BCUT2D eigenvalue weighted by Crippen LogP contribution is -2.34. The standard InChI is InChI=1S/C21H26ClN5O3/c1-6-26(10-9-23-14(3)28)16-12-19(22)25-27-20(13(2)24-21(16)27)15-7-8-17(29-4)18(11-15)30-5/h7-8,11-12H,6,9-10H2,1-5H3,(H,23,28). The number of carbonyl (C=O) groups is 1. The van der Waals surface area contributed by atoms with Crippen LogP contribution >= 0.6 is 11.6 Å². The topological polar surface area (TPSA) is 81.0 Å². The molecule has 2 aromatic heterocycles. The van der Waals surface area contributed by atoms with Gasteiger partial charge in [-0.25, -0.2) is 9.50 Å². The van der Waals surface area contributed by atoms with Crippen molar-refractivity contribution in [3.8, 4) is 22.8 Å². The molecule has 3 rings (SSSR count). The number of imidazole rings is 1. The number of methoxy groups -OCH3 is 2. The number of benzene rings is 1. The van der Waals surface area contributed by atoms with E-state index in [4.69, 9.17) is 26.1 Å². The number of hydrogen-bond donors (Lipinski definition) is 1. The van der Waals surface area contributed by atoms with Crippen LogP contribution in [0.2, 0.25) is 5.15 Å². The highest BCUT2D eigenvalue weighted by molar-refractivity contribution is 6.29. The number of likely N-dealkylation sites (N-methyl/N-ethyl adjacent to an activating group) is 1. The van der Waals surface area contributed by atoms with Gasteiger partial charge in [-0.1, -0.05) is 11.6 Å². The Hall–Kier alpha value is -3.00. The number of rotatable bonds is 8. The van der Waals surface area contributed by atoms with Gasteiger partial charge in [-0.15, -0.1) is 0 Å². The second-order valence-corrected chi connectivity index (χ2v) is 7.15. The van der Waals surface area contributed by atoms with Crippen LogP contribution < -0.4 is 19.7 Å². The molecule has 3 aromatic rings. The maximum absolute atomic E-state index is 11.2. The largest absolute Gasteiger partial charge is 0.493 e. The van der Waals surface area contributed by atoms with Gasteiger partial charge < -0.3 is 19.7 Å². The summed E-state index contributed by atoms with van der Waals surface area (Å²) in [6.07, 6.45) is 0. The lowest BCUT2D eigenvalue weighted by molar-refractivity contribution is -0.118. The predicted molar refractivity (Wildman–Crippen MR) is 118 cm³/mol. The minimum Gasteiger partial charge on any atom is -0.493 e. The molecule has 1 aromatic carbocycles. The summed E-state index contributed by atoms with van der Waals surface area (Å²) in [5.74, 6) is 1.21. The van der Waals surface area contributed by atoms with E-state index >= 15 is 0 Å². The number of halogens is 1. The lowest BCUT2D eigenvalue weighted by atomic mass is 10.1. The third-order valence-electron chi connectivity index (χ3n) is 4.84. The number of carbonyl (C=O) groups excluding carboxylic acids is 1. The number of nitrogens with zero attached hydrogens (tertiary/aromatic N) is 4. The zero-order valence-corrected chi connectivity index (χ0v) is 18.6. The number of aryl methyl sites for hydroxylation is 1. The van der Waals surface area contributed by atoms with Crippen LogP contribution in [0, 0.1) is 6.92 Å². The normalized spacial score (nSPS) is 10.9. The van der Waals surface area contributed by atoms with Crippen molar-refractivity contribution < 1.29 is 14.3 Å². The van der Waals surface area contributed by atoms with Gasteiger partial charge in [-0.2, -0.15) is 5.10 Å². The van der Waals surface area contributed by atoms with E-state index in [-0.39, 0.29) is 5.91 Å². The fourth-order valence-electron chi connectivity index (χ4n) is 3.45. The molecule has 0 atom stereocenters. The molecule has 9 heteroatoms. The van der Waals surface area contributed by atoms with Crippen molar-refractivity contribution in [1.29, 1.82) is 0 Å². The molecular weight excluding hydrogens is 406 g/mol. The zero-order valence-electron chi connectivity index (χ0n) is 17.8.